The van der Waals surface area contributed by atoms with Gasteiger partial charge in [0.15, 0.2) is 0 Å². The maximum absolute atomic E-state index is 13.8. The number of carbonyl (C=O) groups is 1. The molecule has 0 saturated heterocycles. The molecular weight excluding hydrogens is 423 g/mol. The van der Waals surface area contributed by atoms with Gasteiger partial charge in [-0.25, -0.2) is 4.39 Å². The maximum Gasteiger partial charge on any atom is 0.221 e. The predicted octanol–water partition coefficient (Wildman–Crippen LogP) is 5.74. The molecule has 3 rings (SSSR count). The minimum absolute atomic E-state index is 0.105. The molecule has 0 aliphatic rings. The van der Waals surface area contributed by atoms with Crippen LogP contribution in [0, 0.1) is 5.82 Å². The number of rotatable bonds is 7. The molecule has 0 unspecified atom stereocenters. The van der Waals surface area contributed by atoms with E-state index in [4.69, 9.17) is 4.74 Å². The summed E-state index contributed by atoms with van der Waals surface area (Å²) in [6.45, 7) is 2.17. The zero-order valence-electron chi connectivity index (χ0n) is 15.3. The normalized spacial score (nSPS) is 10.4. The van der Waals surface area contributed by atoms with Gasteiger partial charge in [0.1, 0.15) is 18.2 Å². The Morgan fingerprint density at radius 3 is 2.43 bits per heavy atom. The van der Waals surface area contributed by atoms with Gasteiger partial charge >= 0.3 is 0 Å². The molecule has 0 aromatic heterocycles. The lowest BCUT2D eigenvalue weighted by molar-refractivity contribution is -0.114. The summed E-state index contributed by atoms with van der Waals surface area (Å²) in [5.41, 5.74) is 3.11. The lowest BCUT2D eigenvalue weighted by Crippen LogP contribution is -2.06. The Morgan fingerprint density at radius 2 is 1.71 bits per heavy atom. The second-order valence-electron chi connectivity index (χ2n) is 6.24. The molecule has 3 aromatic carbocycles. The Morgan fingerprint density at radius 1 is 1.00 bits per heavy atom. The van der Waals surface area contributed by atoms with E-state index in [0.29, 0.717) is 17.9 Å². The zero-order valence-corrected chi connectivity index (χ0v) is 16.9. The van der Waals surface area contributed by atoms with Gasteiger partial charge in [0.05, 0.1) is 0 Å². The molecule has 1 amide bonds. The van der Waals surface area contributed by atoms with Gasteiger partial charge in [-0.3, -0.25) is 4.79 Å². The van der Waals surface area contributed by atoms with Crippen molar-refractivity contribution in [3.63, 3.8) is 0 Å². The van der Waals surface area contributed by atoms with E-state index < -0.39 is 0 Å². The number of hydrogen-bond donors (Lipinski definition) is 2. The number of halogens is 2. The lowest BCUT2D eigenvalue weighted by atomic mass is 10.2. The summed E-state index contributed by atoms with van der Waals surface area (Å²) in [6.07, 6.45) is 0. The molecule has 144 valence electrons. The number of ether oxygens (including phenoxy) is 1. The standard InChI is InChI=1S/C22H20BrFN2O2/c1-15(27)26-20-9-7-19(8-10-20)25-13-17-12-18(23)6-11-22(17)28-14-16-4-2-3-5-21(16)24/h2-12,25H,13-14H2,1H3,(H,26,27). The van der Waals surface area contributed by atoms with Crippen LogP contribution < -0.4 is 15.4 Å². The Balaban J connectivity index is 1.67. The van der Waals surface area contributed by atoms with Gasteiger partial charge in [0.25, 0.3) is 0 Å². The number of amides is 1. The highest BCUT2D eigenvalue weighted by atomic mass is 79.9. The Bertz CT molecular complexity index is 961. The van der Waals surface area contributed by atoms with Gasteiger partial charge in [-0.1, -0.05) is 34.1 Å². The molecule has 0 aliphatic carbocycles. The van der Waals surface area contributed by atoms with Gasteiger partial charge in [0, 0.05) is 40.4 Å². The summed E-state index contributed by atoms with van der Waals surface area (Å²) >= 11 is 3.48. The fraction of sp³-hybridized carbons (Fsp3) is 0.136. The molecule has 0 saturated carbocycles. The topological polar surface area (TPSA) is 50.4 Å². The monoisotopic (exact) mass is 442 g/mol. The lowest BCUT2D eigenvalue weighted by Gasteiger charge is -2.14. The molecule has 6 heteroatoms. The molecule has 2 N–H and O–H groups in total. The van der Waals surface area contributed by atoms with E-state index in [2.05, 4.69) is 26.6 Å². The van der Waals surface area contributed by atoms with Crippen LogP contribution in [-0.4, -0.2) is 5.91 Å². The predicted molar refractivity (Wildman–Crippen MR) is 113 cm³/mol. The molecule has 4 nitrogen and oxygen atoms in total. The van der Waals surface area contributed by atoms with Gasteiger partial charge in [0.2, 0.25) is 5.91 Å². The summed E-state index contributed by atoms with van der Waals surface area (Å²) in [4.78, 5) is 11.1. The van der Waals surface area contributed by atoms with Crippen LogP contribution in [0.5, 0.6) is 5.75 Å². The highest BCUT2D eigenvalue weighted by molar-refractivity contribution is 9.10. The van der Waals surface area contributed by atoms with Crippen LogP contribution in [0.3, 0.4) is 0 Å². The third kappa shape index (κ3) is 5.57. The molecule has 0 bridgehead atoms. The molecule has 0 spiro atoms. The maximum atomic E-state index is 13.8. The second kappa shape index (κ2) is 9.37. The van der Waals surface area contributed by atoms with Crippen LogP contribution >= 0.6 is 15.9 Å². The minimum Gasteiger partial charge on any atom is -0.488 e. The number of nitrogens with one attached hydrogen (secondary N) is 2. The van der Waals surface area contributed by atoms with E-state index in [9.17, 15) is 9.18 Å². The summed E-state index contributed by atoms with van der Waals surface area (Å²) in [5.74, 6) is 0.304. The smallest absolute Gasteiger partial charge is 0.221 e. The minimum atomic E-state index is -0.279. The van der Waals surface area contributed by atoms with Gasteiger partial charge in [-0.15, -0.1) is 0 Å². The first kappa shape index (κ1) is 19.9. The number of carbonyl (C=O) groups excluding carboxylic acids is 1. The molecule has 28 heavy (non-hydrogen) atoms. The van der Waals surface area contributed by atoms with Crippen LogP contribution in [0.2, 0.25) is 0 Å². The summed E-state index contributed by atoms with van der Waals surface area (Å²) in [6, 6.07) is 19.8. The number of hydrogen-bond acceptors (Lipinski definition) is 3. The third-order valence-electron chi connectivity index (χ3n) is 4.05. The van der Waals surface area contributed by atoms with E-state index in [1.54, 1.807) is 18.2 Å². The summed E-state index contributed by atoms with van der Waals surface area (Å²) < 4.78 is 20.6. The van der Waals surface area contributed by atoms with Crippen molar-refractivity contribution in [3.05, 3.63) is 88.1 Å². The second-order valence-corrected chi connectivity index (χ2v) is 7.16. The third-order valence-corrected chi connectivity index (χ3v) is 4.55. The first-order valence-corrected chi connectivity index (χ1v) is 9.57. The fourth-order valence-electron chi connectivity index (χ4n) is 2.67. The molecule has 0 aliphatic heterocycles. The Kier molecular flexibility index (Phi) is 6.66. The van der Waals surface area contributed by atoms with Gasteiger partial charge < -0.3 is 15.4 Å². The van der Waals surface area contributed by atoms with Crippen LogP contribution in [0.25, 0.3) is 0 Å². The van der Waals surface area contributed by atoms with Crippen molar-refractivity contribution >= 4 is 33.2 Å². The highest BCUT2D eigenvalue weighted by Gasteiger charge is 2.08. The Labute approximate surface area is 171 Å². The van der Waals surface area contributed by atoms with E-state index >= 15 is 0 Å². The van der Waals surface area contributed by atoms with Crippen LogP contribution in [-0.2, 0) is 17.9 Å². The number of anilines is 2. The van der Waals surface area contributed by atoms with E-state index in [-0.39, 0.29) is 18.3 Å². The van der Waals surface area contributed by atoms with Crippen molar-refractivity contribution in [2.24, 2.45) is 0 Å². The molecule has 0 atom stereocenters. The van der Waals surface area contributed by atoms with Gasteiger partial charge in [-0.2, -0.15) is 0 Å². The van der Waals surface area contributed by atoms with Gasteiger partial charge in [-0.05, 0) is 48.5 Å². The Hall–Kier alpha value is -2.86. The first-order chi connectivity index (χ1) is 13.5. The first-order valence-electron chi connectivity index (χ1n) is 8.77. The van der Waals surface area contributed by atoms with Crippen molar-refractivity contribution in [1.82, 2.24) is 0 Å². The fourth-order valence-corrected chi connectivity index (χ4v) is 3.08. The molecule has 3 aromatic rings. The van der Waals surface area contributed by atoms with E-state index in [1.165, 1.54) is 13.0 Å². The van der Waals surface area contributed by atoms with Crippen LogP contribution in [0.4, 0.5) is 15.8 Å². The van der Waals surface area contributed by atoms with Crippen molar-refractivity contribution < 1.29 is 13.9 Å². The zero-order chi connectivity index (χ0) is 19.9. The highest BCUT2D eigenvalue weighted by Crippen LogP contribution is 2.26. The summed E-state index contributed by atoms with van der Waals surface area (Å²) in [5, 5.41) is 6.07. The molecule has 0 radical (unpaired) electrons. The van der Waals surface area contributed by atoms with Crippen molar-refractivity contribution in [1.29, 1.82) is 0 Å². The van der Waals surface area contributed by atoms with Crippen LogP contribution in [0.1, 0.15) is 18.1 Å². The molecular formula is C22H20BrFN2O2. The molecule has 0 fully saturated rings. The van der Waals surface area contributed by atoms with Crippen molar-refractivity contribution in [3.8, 4) is 5.75 Å². The average Bonchev–Trinajstić information content (AvgIpc) is 2.67. The SMILES string of the molecule is CC(=O)Nc1ccc(NCc2cc(Br)ccc2OCc2ccccc2F)cc1. The van der Waals surface area contributed by atoms with E-state index in [0.717, 1.165) is 21.4 Å². The molecule has 0 heterocycles. The van der Waals surface area contributed by atoms with Crippen molar-refractivity contribution in [2.75, 3.05) is 10.6 Å². The summed E-state index contributed by atoms with van der Waals surface area (Å²) in [7, 11) is 0. The largest absolute Gasteiger partial charge is 0.488 e. The van der Waals surface area contributed by atoms with Crippen molar-refractivity contribution in [2.45, 2.75) is 20.1 Å². The van der Waals surface area contributed by atoms with E-state index in [1.807, 2.05) is 42.5 Å². The van der Waals surface area contributed by atoms with Crippen LogP contribution in [0.15, 0.2) is 71.2 Å². The quantitative estimate of drug-likeness (QED) is 0.490. The average molecular weight is 443 g/mol. The number of benzene rings is 3.